The lowest BCUT2D eigenvalue weighted by atomic mass is 10.1. The first-order valence-corrected chi connectivity index (χ1v) is 6.44. The van der Waals surface area contributed by atoms with Crippen molar-refractivity contribution >= 4 is 6.01 Å². The third-order valence-electron chi connectivity index (χ3n) is 2.87. The van der Waals surface area contributed by atoms with E-state index in [0.717, 1.165) is 12.1 Å². The van der Waals surface area contributed by atoms with E-state index >= 15 is 0 Å². The zero-order chi connectivity index (χ0) is 13.7. The third kappa shape index (κ3) is 3.51. The standard InChI is InChI=1S/C13H19N5O/c1-4-15-10(3)12-17-18-13(19-12)16-9(2)11-5-7-14-8-6-11/h5-10,15H,4H2,1-3H3,(H,16,18). The maximum atomic E-state index is 5.58. The molecule has 6 nitrogen and oxygen atoms in total. The molecule has 2 unspecified atom stereocenters. The lowest BCUT2D eigenvalue weighted by molar-refractivity contribution is 0.427. The molecule has 2 heterocycles. The van der Waals surface area contributed by atoms with Gasteiger partial charge in [-0.3, -0.25) is 4.98 Å². The summed E-state index contributed by atoms with van der Waals surface area (Å²) in [5, 5.41) is 14.4. The van der Waals surface area contributed by atoms with Gasteiger partial charge < -0.3 is 15.1 Å². The summed E-state index contributed by atoms with van der Waals surface area (Å²) in [6.07, 6.45) is 3.53. The van der Waals surface area contributed by atoms with Crippen LogP contribution in [0, 0.1) is 0 Å². The van der Waals surface area contributed by atoms with Gasteiger partial charge in [-0.05, 0) is 38.1 Å². The normalized spacial score (nSPS) is 14.1. The molecule has 102 valence electrons. The smallest absolute Gasteiger partial charge is 0.315 e. The average Bonchev–Trinajstić information content (AvgIpc) is 2.88. The maximum absolute atomic E-state index is 5.58. The predicted octanol–water partition coefficient (Wildman–Crippen LogP) is 2.31. The summed E-state index contributed by atoms with van der Waals surface area (Å²) in [7, 11) is 0. The highest BCUT2D eigenvalue weighted by Crippen LogP contribution is 2.19. The van der Waals surface area contributed by atoms with Gasteiger partial charge in [0.2, 0.25) is 5.89 Å². The Hall–Kier alpha value is -1.95. The summed E-state index contributed by atoms with van der Waals surface area (Å²) in [4.78, 5) is 4.00. The van der Waals surface area contributed by atoms with E-state index in [4.69, 9.17) is 4.42 Å². The fourth-order valence-corrected chi connectivity index (χ4v) is 1.78. The van der Waals surface area contributed by atoms with Crippen molar-refractivity contribution in [2.24, 2.45) is 0 Å². The van der Waals surface area contributed by atoms with Crippen LogP contribution >= 0.6 is 0 Å². The maximum Gasteiger partial charge on any atom is 0.315 e. The van der Waals surface area contributed by atoms with Crippen LogP contribution in [0.2, 0.25) is 0 Å². The molecule has 0 amide bonds. The van der Waals surface area contributed by atoms with E-state index in [1.807, 2.05) is 32.9 Å². The summed E-state index contributed by atoms with van der Waals surface area (Å²) < 4.78 is 5.58. The molecule has 2 N–H and O–H groups in total. The van der Waals surface area contributed by atoms with Crippen molar-refractivity contribution in [3.63, 3.8) is 0 Å². The summed E-state index contributed by atoms with van der Waals surface area (Å²) in [5.41, 5.74) is 1.12. The Labute approximate surface area is 112 Å². The highest BCUT2D eigenvalue weighted by Gasteiger charge is 2.14. The monoisotopic (exact) mass is 261 g/mol. The van der Waals surface area contributed by atoms with Crippen molar-refractivity contribution in [1.29, 1.82) is 0 Å². The van der Waals surface area contributed by atoms with Gasteiger partial charge in [-0.25, -0.2) is 0 Å². The molecule has 0 fully saturated rings. The van der Waals surface area contributed by atoms with Gasteiger partial charge in [0.25, 0.3) is 0 Å². The highest BCUT2D eigenvalue weighted by molar-refractivity contribution is 5.27. The van der Waals surface area contributed by atoms with Crippen molar-refractivity contribution in [2.75, 3.05) is 11.9 Å². The van der Waals surface area contributed by atoms with Crippen LogP contribution in [-0.2, 0) is 0 Å². The molecule has 2 atom stereocenters. The Morgan fingerprint density at radius 1 is 1.16 bits per heavy atom. The second kappa shape index (κ2) is 6.29. The number of aromatic nitrogens is 3. The topological polar surface area (TPSA) is 75.9 Å². The van der Waals surface area contributed by atoms with E-state index in [-0.39, 0.29) is 12.1 Å². The zero-order valence-electron chi connectivity index (χ0n) is 11.4. The average molecular weight is 261 g/mol. The minimum absolute atomic E-state index is 0.0595. The van der Waals surface area contributed by atoms with E-state index in [9.17, 15) is 0 Å². The largest absolute Gasteiger partial charge is 0.406 e. The molecule has 19 heavy (non-hydrogen) atoms. The van der Waals surface area contributed by atoms with Gasteiger partial charge in [0.1, 0.15) is 0 Å². The van der Waals surface area contributed by atoms with Gasteiger partial charge in [0.05, 0.1) is 12.1 Å². The van der Waals surface area contributed by atoms with Crippen LogP contribution in [0.4, 0.5) is 6.01 Å². The van der Waals surface area contributed by atoms with Crippen molar-refractivity contribution < 1.29 is 4.42 Å². The number of hydrogen-bond donors (Lipinski definition) is 2. The Bertz CT molecular complexity index is 499. The Morgan fingerprint density at radius 2 is 1.89 bits per heavy atom. The van der Waals surface area contributed by atoms with Crippen molar-refractivity contribution in [1.82, 2.24) is 20.5 Å². The molecule has 2 aromatic heterocycles. The molecule has 0 bridgehead atoms. The molecular formula is C13H19N5O. The molecule has 2 rings (SSSR count). The second-order valence-corrected chi connectivity index (χ2v) is 4.37. The van der Waals surface area contributed by atoms with E-state index in [1.54, 1.807) is 12.4 Å². The molecule has 0 aliphatic heterocycles. The second-order valence-electron chi connectivity index (χ2n) is 4.37. The Balaban J connectivity index is 2.00. The molecule has 2 aromatic rings. The van der Waals surface area contributed by atoms with Crippen molar-refractivity contribution in [3.8, 4) is 0 Å². The highest BCUT2D eigenvalue weighted by atomic mass is 16.4. The number of anilines is 1. The fourth-order valence-electron chi connectivity index (χ4n) is 1.78. The molecule has 6 heteroatoms. The number of pyridine rings is 1. The molecule has 0 aromatic carbocycles. The minimum atomic E-state index is 0.0595. The van der Waals surface area contributed by atoms with Gasteiger partial charge in [-0.15, -0.1) is 5.10 Å². The summed E-state index contributed by atoms with van der Waals surface area (Å²) in [6, 6.07) is 4.49. The van der Waals surface area contributed by atoms with Crippen LogP contribution in [-0.4, -0.2) is 21.7 Å². The molecule has 0 aliphatic carbocycles. The van der Waals surface area contributed by atoms with Gasteiger partial charge >= 0.3 is 6.01 Å². The van der Waals surface area contributed by atoms with Crippen LogP contribution in [0.15, 0.2) is 28.9 Å². The lowest BCUT2D eigenvalue weighted by Gasteiger charge is -2.11. The summed E-state index contributed by atoms with van der Waals surface area (Å²) >= 11 is 0. The van der Waals surface area contributed by atoms with Crippen molar-refractivity contribution in [3.05, 3.63) is 36.0 Å². The van der Waals surface area contributed by atoms with E-state index in [0.29, 0.717) is 11.9 Å². The van der Waals surface area contributed by atoms with Gasteiger partial charge in [-0.2, -0.15) is 0 Å². The molecule has 0 spiro atoms. The predicted molar refractivity (Wildman–Crippen MR) is 72.7 cm³/mol. The Morgan fingerprint density at radius 3 is 2.58 bits per heavy atom. The third-order valence-corrected chi connectivity index (χ3v) is 2.87. The molecule has 0 aliphatic rings. The lowest BCUT2D eigenvalue weighted by Crippen LogP contribution is -2.17. The first-order valence-electron chi connectivity index (χ1n) is 6.44. The van der Waals surface area contributed by atoms with E-state index in [2.05, 4.69) is 25.8 Å². The molecule has 0 saturated carbocycles. The van der Waals surface area contributed by atoms with E-state index in [1.165, 1.54) is 0 Å². The summed E-state index contributed by atoms with van der Waals surface area (Å²) in [6.45, 7) is 6.93. The minimum Gasteiger partial charge on any atom is -0.406 e. The molecule has 0 saturated heterocycles. The first-order chi connectivity index (χ1) is 9.20. The van der Waals surface area contributed by atoms with Crippen LogP contribution in [0.1, 0.15) is 44.3 Å². The van der Waals surface area contributed by atoms with Crippen LogP contribution < -0.4 is 10.6 Å². The zero-order valence-corrected chi connectivity index (χ0v) is 11.4. The van der Waals surface area contributed by atoms with Crippen molar-refractivity contribution in [2.45, 2.75) is 32.9 Å². The SMILES string of the molecule is CCNC(C)c1nnc(NC(C)c2ccncc2)o1. The quantitative estimate of drug-likeness (QED) is 0.831. The van der Waals surface area contributed by atoms with E-state index < -0.39 is 0 Å². The first kappa shape index (κ1) is 13.5. The van der Waals surface area contributed by atoms with Gasteiger partial charge in [0, 0.05) is 12.4 Å². The van der Waals surface area contributed by atoms with Gasteiger partial charge in [-0.1, -0.05) is 12.0 Å². The van der Waals surface area contributed by atoms with Crippen LogP contribution in [0.3, 0.4) is 0 Å². The number of nitrogens with one attached hydrogen (secondary N) is 2. The fraction of sp³-hybridized carbons (Fsp3) is 0.462. The summed E-state index contributed by atoms with van der Waals surface area (Å²) in [5.74, 6) is 0.589. The molecular weight excluding hydrogens is 242 g/mol. The van der Waals surface area contributed by atoms with Crippen LogP contribution in [0.5, 0.6) is 0 Å². The van der Waals surface area contributed by atoms with Gasteiger partial charge in [0.15, 0.2) is 0 Å². The molecule has 0 radical (unpaired) electrons. The number of hydrogen-bond acceptors (Lipinski definition) is 6. The number of rotatable bonds is 6. The Kier molecular flexibility index (Phi) is 4.46. The van der Waals surface area contributed by atoms with Crippen LogP contribution in [0.25, 0.3) is 0 Å². The number of nitrogens with zero attached hydrogens (tertiary/aromatic N) is 3.